The van der Waals surface area contributed by atoms with E-state index < -0.39 is 12.2 Å². The Labute approximate surface area is 182 Å². The summed E-state index contributed by atoms with van der Waals surface area (Å²) in [5.74, 6) is 0.914. The number of aliphatic hydroxyl groups is 2. The van der Waals surface area contributed by atoms with Gasteiger partial charge in [-0.15, -0.1) is 0 Å². The molecule has 160 valence electrons. The lowest BCUT2D eigenvalue weighted by atomic mass is 9.58. The van der Waals surface area contributed by atoms with Gasteiger partial charge in [-0.05, 0) is 55.4 Å². The molecule has 2 aliphatic rings. The molecule has 2 saturated carbocycles. The van der Waals surface area contributed by atoms with Crippen molar-refractivity contribution in [3.8, 4) is 0 Å². The lowest BCUT2D eigenvalue weighted by molar-refractivity contribution is -0.0841. The number of hydrogen-bond donors (Lipinski definition) is 4. The number of aliphatic hydroxyl groups excluding tert-OH is 2. The molecule has 0 unspecified atom stereocenters. The summed E-state index contributed by atoms with van der Waals surface area (Å²) >= 11 is 1.51. The molecule has 2 fully saturated rings. The minimum absolute atomic E-state index is 0.223. The average molecular weight is 437 g/mol. The van der Waals surface area contributed by atoms with Crippen LogP contribution in [0.15, 0.2) is 36.8 Å². The minimum atomic E-state index is -0.829. The first-order valence-electron chi connectivity index (χ1n) is 10.5. The van der Waals surface area contributed by atoms with E-state index in [1.54, 1.807) is 0 Å². The molecular formula is C22H24N6O2S. The van der Waals surface area contributed by atoms with Gasteiger partial charge in [0.15, 0.2) is 5.13 Å². The number of rotatable bonds is 3. The number of aromatic nitrogens is 4. The van der Waals surface area contributed by atoms with E-state index >= 15 is 0 Å². The first-order chi connectivity index (χ1) is 14.9. The number of nitrogen functional groups attached to an aromatic ring is 2. The number of hydrogen-bond acceptors (Lipinski definition) is 8. The standard InChI is InChI=1S/C22H24N6O2S/c23-19-13-3-4-28(20(13)26-10-25-19)15-9-22(18(30)17(15)29)7-12(8-22)5-11-1-2-14-16(6-11)31-21(24)27-14/h1-4,6,10,12,15,17-18,29-30H,5,7-9H2,(H2,24,27)(H2,23,25,26)/t12?,15-,17+,18+,22?/m1/s1. The number of nitrogens with two attached hydrogens (primary N) is 2. The van der Waals surface area contributed by atoms with Crippen LogP contribution >= 0.6 is 11.3 Å². The Balaban J connectivity index is 1.20. The average Bonchev–Trinajstić information content (AvgIpc) is 3.37. The van der Waals surface area contributed by atoms with E-state index in [1.807, 2.05) is 22.9 Å². The molecule has 6 N–H and O–H groups in total. The maximum absolute atomic E-state index is 11.0. The number of benzene rings is 1. The normalized spacial score (nSPS) is 30.4. The fraction of sp³-hybridized carbons (Fsp3) is 0.409. The molecule has 9 heteroatoms. The molecule has 0 amide bonds. The molecule has 2 aliphatic carbocycles. The lowest BCUT2D eigenvalue weighted by Crippen LogP contribution is -2.46. The summed E-state index contributed by atoms with van der Waals surface area (Å²) in [6.07, 6.45) is 5.25. The highest BCUT2D eigenvalue weighted by Gasteiger charge is 2.59. The third kappa shape index (κ3) is 2.84. The largest absolute Gasteiger partial charge is 0.390 e. The number of nitrogens with zero attached hydrogens (tertiary/aromatic N) is 4. The van der Waals surface area contributed by atoms with Crippen molar-refractivity contribution in [3.05, 3.63) is 42.4 Å². The van der Waals surface area contributed by atoms with Crippen LogP contribution in [0.1, 0.15) is 30.9 Å². The molecule has 1 spiro atoms. The molecule has 3 aromatic heterocycles. The molecule has 3 atom stereocenters. The van der Waals surface area contributed by atoms with Gasteiger partial charge in [0.1, 0.15) is 23.9 Å². The Morgan fingerprint density at radius 2 is 1.97 bits per heavy atom. The zero-order valence-corrected chi connectivity index (χ0v) is 17.7. The number of anilines is 2. The monoisotopic (exact) mass is 436 g/mol. The Hall–Kier alpha value is -2.75. The predicted molar refractivity (Wildman–Crippen MR) is 121 cm³/mol. The highest BCUT2D eigenvalue weighted by atomic mass is 32.1. The van der Waals surface area contributed by atoms with Gasteiger partial charge in [0.05, 0.1) is 27.7 Å². The quantitative estimate of drug-likeness (QED) is 0.387. The molecule has 0 aliphatic heterocycles. The van der Waals surface area contributed by atoms with E-state index in [0.29, 0.717) is 22.5 Å². The van der Waals surface area contributed by atoms with Crippen molar-refractivity contribution in [1.29, 1.82) is 0 Å². The zero-order chi connectivity index (χ0) is 21.3. The van der Waals surface area contributed by atoms with E-state index in [9.17, 15) is 10.2 Å². The Morgan fingerprint density at radius 3 is 2.81 bits per heavy atom. The summed E-state index contributed by atoms with van der Waals surface area (Å²) in [6.45, 7) is 0. The van der Waals surface area contributed by atoms with Crippen molar-refractivity contribution in [1.82, 2.24) is 19.5 Å². The van der Waals surface area contributed by atoms with E-state index in [4.69, 9.17) is 11.5 Å². The maximum Gasteiger partial charge on any atom is 0.181 e. The van der Waals surface area contributed by atoms with E-state index in [2.05, 4.69) is 27.1 Å². The van der Waals surface area contributed by atoms with Gasteiger partial charge in [-0.1, -0.05) is 17.4 Å². The number of thiazole rings is 1. The Morgan fingerprint density at radius 1 is 1.13 bits per heavy atom. The molecule has 31 heavy (non-hydrogen) atoms. The van der Waals surface area contributed by atoms with Crippen molar-refractivity contribution >= 4 is 43.5 Å². The van der Waals surface area contributed by atoms with E-state index in [-0.39, 0.29) is 11.5 Å². The van der Waals surface area contributed by atoms with Crippen molar-refractivity contribution in [2.24, 2.45) is 11.3 Å². The summed E-state index contributed by atoms with van der Waals surface area (Å²) in [5, 5.41) is 23.2. The summed E-state index contributed by atoms with van der Waals surface area (Å²) in [4.78, 5) is 12.7. The van der Waals surface area contributed by atoms with Gasteiger partial charge in [-0.2, -0.15) is 0 Å². The molecular weight excluding hydrogens is 412 g/mol. The summed E-state index contributed by atoms with van der Waals surface area (Å²) in [6, 6.07) is 7.97. The lowest BCUT2D eigenvalue weighted by Gasteiger charge is -2.48. The van der Waals surface area contributed by atoms with Crippen LogP contribution in [-0.2, 0) is 6.42 Å². The molecule has 0 radical (unpaired) electrons. The van der Waals surface area contributed by atoms with Gasteiger partial charge in [-0.3, -0.25) is 0 Å². The minimum Gasteiger partial charge on any atom is -0.390 e. The van der Waals surface area contributed by atoms with Crippen LogP contribution in [-0.4, -0.2) is 41.9 Å². The molecule has 6 rings (SSSR count). The van der Waals surface area contributed by atoms with Gasteiger partial charge >= 0.3 is 0 Å². The van der Waals surface area contributed by atoms with Gasteiger partial charge < -0.3 is 26.2 Å². The highest BCUT2D eigenvalue weighted by Crippen LogP contribution is 2.60. The molecule has 0 bridgehead atoms. The number of fused-ring (bicyclic) bond motifs is 2. The second-order valence-corrected chi connectivity index (χ2v) is 10.2. The molecule has 0 saturated heterocycles. The highest BCUT2D eigenvalue weighted by molar-refractivity contribution is 7.22. The molecule has 1 aromatic carbocycles. The van der Waals surface area contributed by atoms with Crippen molar-refractivity contribution < 1.29 is 10.2 Å². The fourth-order valence-corrected chi connectivity index (χ4v) is 6.64. The zero-order valence-electron chi connectivity index (χ0n) is 16.8. The van der Waals surface area contributed by atoms with Crippen LogP contribution in [0.2, 0.25) is 0 Å². The van der Waals surface area contributed by atoms with Crippen LogP contribution in [0.3, 0.4) is 0 Å². The van der Waals surface area contributed by atoms with Crippen LogP contribution in [0.4, 0.5) is 10.9 Å². The fourth-order valence-electron chi connectivity index (χ4n) is 5.84. The summed E-state index contributed by atoms with van der Waals surface area (Å²) in [5.41, 5.74) is 14.4. The van der Waals surface area contributed by atoms with E-state index in [0.717, 1.165) is 41.3 Å². The van der Waals surface area contributed by atoms with Gasteiger partial charge in [0.25, 0.3) is 0 Å². The third-order valence-corrected chi connectivity index (χ3v) is 8.09. The van der Waals surface area contributed by atoms with Crippen LogP contribution < -0.4 is 11.5 Å². The summed E-state index contributed by atoms with van der Waals surface area (Å²) < 4.78 is 3.06. The summed E-state index contributed by atoms with van der Waals surface area (Å²) in [7, 11) is 0. The van der Waals surface area contributed by atoms with Crippen molar-refractivity contribution in [2.45, 2.75) is 43.9 Å². The topological polar surface area (TPSA) is 136 Å². The first-order valence-corrected chi connectivity index (χ1v) is 11.3. The van der Waals surface area contributed by atoms with Crippen LogP contribution in [0.25, 0.3) is 21.3 Å². The van der Waals surface area contributed by atoms with Crippen LogP contribution in [0, 0.1) is 11.3 Å². The SMILES string of the molecule is Nc1nc2ccc(CC3CC4(C3)C[C@@H](n3ccc5c(N)ncnc53)[C@H](O)[C@@H]4O)cc2s1. The van der Waals surface area contributed by atoms with Gasteiger partial charge in [-0.25, -0.2) is 15.0 Å². The predicted octanol–water partition coefficient (Wildman–Crippen LogP) is 2.51. The molecule has 3 heterocycles. The van der Waals surface area contributed by atoms with E-state index in [1.165, 1.54) is 23.2 Å². The molecule has 8 nitrogen and oxygen atoms in total. The van der Waals surface area contributed by atoms with Crippen molar-refractivity contribution in [2.75, 3.05) is 11.5 Å². The second-order valence-electron chi connectivity index (χ2n) is 9.12. The first kappa shape index (κ1) is 19.0. The second kappa shape index (κ2) is 6.62. The maximum atomic E-state index is 11.0. The van der Waals surface area contributed by atoms with Crippen molar-refractivity contribution in [3.63, 3.8) is 0 Å². The molecule has 4 aromatic rings. The smallest absolute Gasteiger partial charge is 0.181 e. The van der Waals surface area contributed by atoms with Crippen LogP contribution in [0.5, 0.6) is 0 Å². The third-order valence-electron chi connectivity index (χ3n) is 7.24. The van der Waals surface area contributed by atoms with Gasteiger partial charge in [0, 0.05) is 11.6 Å². The Bertz CT molecular complexity index is 1290. The Kier molecular flexibility index (Phi) is 4.05. The van der Waals surface area contributed by atoms with Gasteiger partial charge in [0.2, 0.25) is 0 Å².